The highest BCUT2D eigenvalue weighted by molar-refractivity contribution is 6.09. The zero-order valence-corrected chi connectivity index (χ0v) is 20.8. The highest BCUT2D eigenvalue weighted by Crippen LogP contribution is 2.38. The number of amides is 2. The van der Waals surface area contributed by atoms with Crippen LogP contribution >= 0.6 is 0 Å². The van der Waals surface area contributed by atoms with Crippen LogP contribution in [0.5, 0.6) is 11.5 Å². The Bertz CT molecular complexity index is 1290. The molecule has 5 rings (SSSR count). The molecule has 36 heavy (non-hydrogen) atoms. The van der Waals surface area contributed by atoms with Crippen LogP contribution in [0.1, 0.15) is 35.3 Å². The fraction of sp³-hybridized carbons (Fsp3) is 0.462. The summed E-state index contributed by atoms with van der Waals surface area (Å²) in [6, 6.07) is 5.52. The summed E-state index contributed by atoms with van der Waals surface area (Å²) in [6.07, 6.45) is 4.54. The molecule has 1 aliphatic carbocycles. The van der Waals surface area contributed by atoms with Gasteiger partial charge in [-0.3, -0.25) is 9.59 Å². The van der Waals surface area contributed by atoms with Crippen molar-refractivity contribution in [1.29, 1.82) is 0 Å². The third-order valence-electron chi connectivity index (χ3n) is 6.76. The summed E-state index contributed by atoms with van der Waals surface area (Å²) >= 11 is 0. The predicted molar refractivity (Wildman–Crippen MR) is 133 cm³/mol. The monoisotopic (exact) mass is 493 g/mol. The first kappa shape index (κ1) is 24.1. The van der Waals surface area contributed by atoms with Gasteiger partial charge in [-0.15, -0.1) is 0 Å². The molecule has 0 radical (unpaired) electrons. The fourth-order valence-electron chi connectivity index (χ4n) is 4.62. The van der Waals surface area contributed by atoms with Crippen LogP contribution in [0, 0.1) is 12.8 Å². The molecule has 1 saturated carbocycles. The molecule has 2 aliphatic rings. The zero-order valence-electron chi connectivity index (χ0n) is 20.8. The van der Waals surface area contributed by atoms with Crippen molar-refractivity contribution in [2.24, 2.45) is 5.92 Å². The first-order valence-electron chi connectivity index (χ1n) is 12.2. The molecule has 2 fully saturated rings. The summed E-state index contributed by atoms with van der Waals surface area (Å²) in [4.78, 5) is 39.5. The Morgan fingerprint density at radius 1 is 1.19 bits per heavy atom. The first-order valence-corrected chi connectivity index (χ1v) is 12.2. The van der Waals surface area contributed by atoms with Crippen LogP contribution in [0.4, 0.5) is 0 Å². The van der Waals surface area contributed by atoms with E-state index in [1.807, 2.05) is 25.1 Å². The highest BCUT2D eigenvalue weighted by Gasteiger charge is 2.29. The highest BCUT2D eigenvalue weighted by atomic mass is 16.5. The SMILES string of the molecule is COCC(=O)N1CC[C@@H](NC(=O)c2c(C)[nH]c3c(-c4cc(OC)ccc4OCC4CC4)ncnc23)C1. The topological polar surface area (TPSA) is 119 Å². The van der Waals surface area contributed by atoms with Gasteiger partial charge >= 0.3 is 0 Å². The van der Waals surface area contributed by atoms with E-state index in [0.717, 1.165) is 5.56 Å². The van der Waals surface area contributed by atoms with Crippen LogP contribution < -0.4 is 14.8 Å². The van der Waals surface area contributed by atoms with E-state index in [4.69, 9.17) is 14.2 Å². The first-order chi connectivity index (χ1) is 17.5. The van der Waals surface area contributed by atoms with Crippen LogP contribution in [-0.2, 0) is 9.53 Å². The number of rotatable bonds is 9. The largest absolute Gasteiger partial charge is 0.497 e. The lowest BCUT2D eigenvalue weighted by Crippen LogP contribution is -2.39. The van der Waals surface area contributed by atoms with E-state index in [1.165, 1.54) is 26.3 Å². The Labute approximate surface area is 209 Å². The number of likely N-dealkylation sites (tertiary alicyclic amines) is 1. The van der Waals surface area contributed by atoms with E-state index in [-0.39, 0.29) is 24.5 Å². The Balaban J connectivity index is 1.43. The molecule has 10 nitrogen and oxygen atoms in total. The molecule has 0 unspecified atom stereocenters. The second-order valence-electron chi connectivity index (χ2n) is 9.42. The predicted octanol–water partition coefficient (Wildman–Crippen LogP) is 2.71. The number of nitrogens with one attached hydrogen (secondary N) is 2. The van der Waals surface area contributed by atoms with E-state index in [9.17, 15) is 9.59 Å². The third-order valence-corrected chi connectivity index (χ3v) is 6.76. The van der Waals surface area contributed by atoms with Crippen molar-refractivity contribution in [2.75, 3.05) is 40.5 Å². The van der Waals surface area contributed by atoms with Gasteiger partial charge in [-0.05, 0) is 50.3 Å². The van der Waals surface area contributed by atoms with E-state index in [1.54, 1.807) is 12.0 Å². The van der Waals surface area contributed by atoms with Crippen molar-refractivity contribution in [1.82, 2.24) is 25.2 Å². The van der Waals surface area contributed by atoms with Crippen molar-refractivity contribution in [3.8, 4) is 22.8 Å². The molecule has 0 bridgehead atoms. The molecule has 10 heteroatoms. The summed E-state index contributed by atoms with van der Waals surface area (Å²) in [6.45, 7) is 3.60. The number of fused-ring (bicyclic) bond motifs is 1. The van der Waals surface area contributed by atoms with Gasteiger partial charge in [0.1, 0.15) is 35.6 Å². The summed E-state index contributed by atoms with van der Waals surface area (Å²) in [5.74, 6) is 1.70. The van der Waals surface area contributed by atoms with Gasteiger partial charge in [0, 0.05) is 37.5 Å². The number of aryl methyl sites for hydroxylation is 1. The molecule has 1 aliphatic heterocycles. The summed E-state index contributed by atoms with van der Waals surface area (Å²) in [7, 11) is 3.12. The van der Waals surface area contributed by atoms with Gasteiger partial charge in [-0.1, -0.05) is 0 Å². The van der Waals surface area contributed by atoms with Crippen molar-refractivity contribution in [3.05, 3.63) is 35.8 Å². The van der Waals surface area contributed by atoms with Crippen LogP contribution in [0.15, 0.2) is 24.5 Å². The Kier molecular flexibility index (Phi) is 6.77. The Hall–Kier alpha value is -3.66. The number of hydrogen-bond acceptors (Lipinski definition) is 7. The van der Waals surface area contributed by atoms with Crippen LogP contribution in [0.2, 0.25) is 0 Å². The third kappa shape index (κ3) is 4.86. The molecule has 190 valence electrons. The number of ether oxygens (including phenoxy) is 3. The molecule has 2 aromatic heterocycles. The standard InChI is InChI=1S/C26H31N5O5/c1-15-22(26(33)30-17-8-9-31(11-17)21(32)13-34-2)24-25(29-15)23(27-14-28-24)19-10-18(35-3)6-7-20(19)36-12-16-4-5-16/h6-7,10,14,16-17,29H,4-5,8-9,11-13H2,1-3H3,(H,30,33)/t17-/m1/s1. The summed E-state index contributed by atoms with van der Waals surface area (Å²) in [5.41, 5.74) is 3.78. The molecule has 3 aromatic rings. The van der Waals surface area contributed by atoms with Crippen molar-refractivity contribution < 1.29 is 23.8 Å². The number of hydrogen-bond donors (Lipinski definition) is 2. The van der Waals surface area contributed by atoms with Crippen molar-refractivity contribution in [3.63, 3.8) is 0 Å². The lowest BCUT2D eigenvalue weighted by molar-refractivity contribution is -0.134. The van der Waals surface area contributed by atoms with Gasteiger partial charge in [0.15, 0.2) is 0 Å². The maximum Gasteiger partial charge on any atom is 0.255 e. The number of aromatic nitrogens is 3. The van der Waals surface area contributed by atoms with Gasteiger partial charge in [0.05, 0.1) is 24.8 Å². The molecule has 1 saturated heterocycles. The average molecular weight is 494 g/mol. The lowest BCUT2D eigenvalue weighted by Gasteiger charge is -2.16. The van der Waals surface area contributed by atoms with Gasteiger partial charge in [0.25, 0.3) is 5.91 Å². The number of aromatic amines is 1. The van der Waals surface area contributed by atoms with Gasteiger partial charge in [-0.25, -0.2) is 9.97 Å². The van der Waals surface area contributed by atoms with E-state index in [2.05, 4.69) is 20.3 Å². The normalized spacial score (nSPS) is 17.4. The minimum Gasteiger partial charge on any atom is -0.497 e. The zero-order chi connectivity index (χ0) is 25.2. The number of nitrogens with zero attached hydrogens (tertiary/aromatic N) is 3. The van der Waals surface area contributed by atoms with E-state index >= 15 is 0 Å². The fourth-order valence-corrected chi connectivity index (χ4v) is 4.62. The quantitative estimate of drug-likeness (QED) is 0.470. The minimum atomic E-state index is -0.231. The van der Waals surface area contributed by atoms with Crippen LogP contribution in [0.3, 0.4) is 0 Å². The Morgan fingerprint density at radius 2 is 2.03 bits per heavy atom. The minimum absolute atomic E-state index is 0.0402. The average Bonchev–Trinajstić information content (AvgIpc) is 3.48. The number of carbonyl (C=O) groups excluding carboxylic acids is 2. The van der Waals surface area contributed by atoms with Gasteiger partial charge < -0.3 is 29.4 Å². The molecule has 3 heterocycles. The second-order valence-corrected chi connectivity index (χ2v) is 9.42. The molecule has 1 aromatic carbocycles. The smallest absolute Gasteiger partial charge is 0.255 e. The van der Waals surface area contributed by atoms with Crippen LogP contribution in [-0.4, -0.2) is 78.2 Å². The van der Waals surface area contributed by atoms with Crippen LogP contribution in [0.25, 0.3) is 22.3 Å². The molecule has 0 spiro atoms. The van der Waals surface area contributed by atoms with Gasteiger partial charge in [-0.2, -0.15) is 0 Å². The lowest BCUT2D eigenvalue weighted by atomic mass is 10.1. The molecule has 2 amide bonds. The van der Waals surface area contributed by atoms with Gasteiger partial charge in [0.2, 0.25) is 5.91 Å². The summed E-state index contributed by atoms with van der Waals surface area (Å²) < 4.78 is 16.5. The van der Waals surface area contributed by atoms with Crippen molar-refractivity contribution >= 4 is 22.8 Å². The number of carbonyl (C=O) groups is 2. The van der Waals surface area contributed by atoms with E-state index < -0.39 is 0 Å². The molecular weight excluding hydrogens is 462 g/mol. The number of H-pyrrole nitrogens is 1. The second kappa shape index (κ2) is 10.1. The summed E-state index contributed by atoms with van der Waals surface area (Å²) in [5, 5.41) is 3.07. The Morgan fingerprint density at radius 3 is 2.78 bits per heavy atom. The van der Waals surface area contributed by atoms with E-state index in [0.29, 0.717) is 71.5 Å². The number of benzene rings is 1. The molecular formula is C26H31N5O5. The number of methoxy groups -OCH3 is 2. The molecule has 1 atom stereocenters. The maximum atomic E-state index is 13.3. The molecule has 2 N–H and O–H groups in total. The maximum absolute atomic E-state index is 13.3. The van der Waals surface area contributed by atoms with Crippen molar-refractivity contribution in [2.45, 2.75) is 32.2 Å².